The maximum absolute atomic E-state index is 13.9. The summed E-state index contributed by atoms with van der Waals surface area (Å²) in [4.78, 5) is -0.0334. The second-order valence-corrected chi connectivity index (χ2v) is 5.99. The van der Waals surface area contributed by atoms with Crippen molar-refractivity contribution in [1.82, 2.24) is 9.78 Å². The van der Waals surface area contributed by atoms with Gasteiger partial charge in [0.15, 0.2) is 9.84 Å². The monoisotopic (exact) mass is 268 g/mol. The lowest BCUT2D eigenvalue weighted by atomic mass is 10.3. The summed E-state index contributed by atoms with van der Waals surface area (Å²) in [5, 5.41) is 4.04. The molecule has 1 aromatic carbocycles. The van der Waals surface area contributed by atoms with Crippen molar-refractivity contribution in [3.63, 3.8) is 0 Å². The molecule has 2 aromatic rings. The van der Waals surface area contributed by atoms with Gasteiger partial charge in [-0.25, -0.2) is 17.5 Å². The molecule has 18 heavy (non-hydrogen) atoms. The van der Waals surface area contributed by atoms with Crippen molar-refractivity contribution in [2.75, 3.05) is 6.26 Å². The van der Waals surface area contributed by atoms with Crippen LogP contribution in [0.2, 0.25) is 0 Å². The molecule has 0 radical (unpaired) electrons. The number of rotatable bonds is 3. The van der Waals surface area contributed by atoms with Gasteiger partial charge >= 0.3 is 0 Å². The van der Waals surface area contributed by atoms with E-state index in [-0.39, 0.29) is 10.6 Å². The molecule has 0 saturated carbocycles. The van der Waals surface area contributed by atoms with Gasteiger partial charge in [-0.3, -0.25) is 0 Å². The lowest BCUT2D eigenvalue weighted by molar-refractivity contribution is 0.589. The topological polar surface area (TPSA) is 52.0 Å². The van der Waals surface area contributed by atoms with Gasteiger partial charge in [-0.1, -0.05) is 6.92 Å². The van der Waals surface area contributed by atoms with E-state index in [1.807, 2.05) is 6.92 Å². The van der Waals surface area contributed by atoms with E-state index in [0.29, 0.717) is 6.42 Å². The number of aromatic nitrogens is 2. The summed E-state index contributed by atoms with van der Waals surface area (Å²) in [5.74, 6) is -0.601. The van der Waals surface area contributed by atoms with Crippen LogP contribution in [0.25, 0.3) is 5.69 Å². The van der Waals surface area contributed by atoms with Crippen molar-refractivity contribution < 1.29 is 12.8 Å². The van der Waals surface area contributed by atoms with Crippen LogP contribution in [-0.4, -0.2) is 24.5 Å². The molecule has 96 valence electrons. The quantitative estimate of drug-likeness (QED) is 0.855. The van der Waals surface area contributed by atoms with Crippen molar-refractivity contribution in [2.45, 2.75) is 18.2 Å². The average Bonchev–Trinajstić information content (AvgIpc) is 2.75. The molecule has 0 aliphatic carbocycles. The predicted octanol–water partition coefficient (Wildman–Crippen LogP) is 1.98. The Kier molecular flexibility index (Phi) is 3.21. The fraction of sp³-hybridized carbons (Fsp3) is 0.250. The molecule has 0 saturated heterocycles. The van der Waals surface area contributed by atoms with Crippen molar-refractivity contribution in [2.24, 2.45) is 0 Å². The van der Waals surface area contributed by atoms with Gasteiger partial charge in [-0.15, -0.1) is 0 Å². The van der Waals surface area contributed by atoms with Crippen molar-refractivity contribution in [1.29, 1.82) is 0 Å². The molecule has 0 bridgehead atoms. The Morgan fingerprint density at radius 3 is 2.61 bits per heavy atom. The average molecular weight is 268 g/mol. The first-order chi connectivity index (χ1) is 8.43. The van der Waals surface area contributed by atoms with Crippen LogP contribution < -0.4 is 0 Å². The van der Waals surface area contributed by atoms with E-state index in [9.17, 15) is 12.8 Å². The summed E-state index contributed by atoms with van der Waals surface area (Å²) >= 11 is 0. The second-order valence-electron chi connectivity index (χ2n) is 3.97. The molecule has 0 spiro atoms. The van der Waals surface area contributed by atoms with Crippen LogP contribution in [0.1, 0.15) is 12.6 Å². The summed E-state index contributed by atoms with van der Waals surface area (Å²) in [6, 6.07) is 5.63. The normalized spacial score (nSPS) is 11.7. The maximum atomic E-state index is 13.9. The fourth-order valence-electron chi connectivity index (χ4n) is 1.71. The van der Waals surface area contributed by atoms with E-state index in [0.717, 1.165) is 18.0 Å². The summed E-state index contributed by atoms with van der Waals surface area (Å²) in [6.45, 7) is 1.94. The highest BCUT2D eigenvalue weighted by atomic mass is 32.2. The van der Waals surface area contributed by atoms with Crippen LogP contribution in [0, 0.1) is 5.82 Å². The summed E-state index contributed by atoms with van der Waals surface area (Å²) < 4.78 is 38.0. The molecule has 1 heterocycles. The molecule has 1 aromatic heterocycles. The van der Waals surface area contributed by atoms with Crippen LogP contribution in [0.5, 0.6) is 0 Å². The van der Waals surface area contributed by atoms with E-state index in [1.165, 1.54) is 16.8 Å². The van der Waals surface area contributed by atoms with Crippen molar-refractivity contribution in [3.05, 3.63) is 42.0 Å². The second kappa shape index (κ2) is 4.53. The molecule has 2 rings (SSSR count). The molecule has 0 unspecified atom stereocenters. The zero-order valence-corrected chi connectivity index (χ0v) is 10.9. The summed E-state index contributed by atoms with van der Waals surface area (Å²) in [7, 11) is -3.40. The number of hydrogen-bond acceptors (Lipinski definition) is 3. The Balaban J connectivity index is 2.55. The maximum Gasteiger partial charge on any atom is 0.175 e. The lowest BCUT2D eigenvalue weighted by Crippen LogP contribution is -2.05. The highest BCUT2D eigenvalue weighted by Gasteiger charge is 2.13. The van der Waals surface area contributed by atoms with Gasteiger partial charge in [0.05, 0.1) is 4.90 Å². The Morgan fingerprint density at radius 2 is 2.06 bits per heavy atom. The molecule has 0 aliphatic heterocycles. The number of aryl methyl sites for hydroxylation is 1. The van der Waals surface area contributed by atoms with Crippen LogP contribution >= 0.6 is 0 Å². The zero-order chi connectivity index (χ0) is 13.3. The fourth-order valence-corrected chi connectivity index (χ4v) is 2.34. The molecular weight excluding hydrogens is 255 g/mol. The molecule has 0 N–H and O–H groups in total. The molecule has 0 atom stereocenters. The van der Waals surface area contributed by atoms with E-state index in [4.69, 9.17) is 0 Å². The Labute approximate surface area is 105 Å². The molecule has 6 heteroatoms. The minimum Gasteiger partial charge on any atom is -0.235 e. The smallest absolute Gasteiger partial charge is 0.175 e. The van der Waals surface area contributed by atoms with Crippen molar-refractivity contribution >= 4 is 9.84 Å². The Hall–Kier alpha value is -1.69. The predicted molar refractivity (Wildman–Crippen MR) is 66.0 cm³/mol. The number of sulfone groups is 1. The first-order valence-corrected chi connectivity index (χ1v) is 7.35. The van der Waals surface area contributed by atoms with E-state index >= 15 is 0 Å². The van der Waals surface area contributed by atoms with E-state index in [1.54, 1.807) is 12.3 Å². The third-order valence-corrected chi connectivity index (χ3v) is 3.77. The minimum atomic E-state index is -3.40. The van der Waals surface area contributed by atoms with Crippen molar-refractivity contribution in [3.8, 4) is 5.69 Å². The van der Waals surface area contributed by atoms with Gasteiger partial charge < -0.3 is 0 Å². The number of hydrogen-bond donors (Lipinski definition) is 0. The Bertz CT molecular complexity index is 677. The van der Waals surface area contributed by atoms with Gasteiger partial charge in [-0.05, 0) is 30.7 Å². The molecule has 0 amide bonds. The lowest BCUT2D eigenvalue weighted by Gasteiger charge is -2.08. The largest absolute Gasteiger partial charge is 0.235 e. The Morgan fingerprint density at radius 1 is 1.33 bits per heavy atom. The number of halogens is 1. The minimum absolute atomic E-state index is 0.0334. The number of nitrogens with zero attached hydrogens (tertiary/aromatic N) is 2. The van der Waals surface area contributed by atoms with Gasteiger partial charge in [0, 0.05) is 18.1 Å². The first kappa shape index (κ1) is 12.8. The van der Waals surface area contributed by atoms with Crippen LogP contribution in [0.4, 0.5) is 4.39 Å². The standard InChI is InChI=1S/C12H13FN2O2S/c1-3-9-6-7-14-15(9)12-5-4-10(8-11(12)13)18(2,16)17/h4-8H,3H2,1-2H3. The SMILES string of the molecule is CCc1ccnn1-c1ccc(S(C)(=O)=O)cc1F. The van der Waals surface area contributed by atoms with Crippen LogP contribution in [0.15, 0.2) is 35.4 Å². The van der Waals surface area contributed by atoms with Gasteiger partial charge in [0.2, 0.25) is 0 Å². The van der Waals surface area contributed by atoms with Crippen LogP contribution in [0.3, 0.4) is 0 Å². The highest BCUT2D eigenvalue weighted by Crippen LogP contribution is 2.19. The summed E-state index contributed by atoms with van der Waals surface area (Å²) in [6.07, 6.45) is 3.35. The first-order valence-electron chi connectivity index (χ1n) is 5.46. The van der Waals surface area contributed by atoms with E-state index < -0.39 is 15.7 Å². The molecule has 0 aliphatic rings. The summed E-state index contributed by atoms with van der Waals surface area (Å²) in [5.41, 5.74) is 1.12. The number of benzene rings is 1. The zero-order valence-electron chi connectivity index (χ0n) is 10.1. The van der Waals surface area contributed by atoms with E-state index in [2.05, 4.69) is 5.10 Å². The van der Waals surface area contributed by atoms with Gasteiger partial charge in [0.25, 0.3) is 0 Å². The van der Waals surface area contributed by atoms with Crippen LogP contribution in [-0.2, 0) is 16.3 Å². The molecule has 4 nitrogen and oxygen atoms in total. The molecular formula is C12H13FN2O2S. The third-order valence-electron chi connectivity index (χ3n) is 2.66. The van der Waals surface area contributed by atoms with Gasteiger partial charge in [0.1, 0.15) is 11.5 Å². The highest BCUT2D eigenvalue weighted by molar-refractivity contribution is 7.90. The third kappa shape index (κ3) is 2.28. The van der Waals surface area contributed by atoms with Gasteiger partial charge in [-0.2, -0.15) is 5.10 Å². The molecule has 0 fully saturated rings.